The summed E-state index contributed by atoms with van der Waals surface area (Å²) < 4.78 is 0. The average molecular weight is 216 g/mol. The maximum absolute atomic E-state index is 5.81. The van der Waals surface area contributed by atoms with Crippen LogP contribution in [0.5, 0.6) is 0 Å². The maximum atomic E-state index is 5.81. The average Bonchev–Trinajstić information content (AvgIpc) is 2.23. The Morgan fingerprint density at radius 2 is 2.12 bits per heavy atom. The van der Waals surface area contributed by atoms with Gasteiger partial charge in [0.2, 0.25) is 0 Å². The first-order valence-corrected chi connectivity index (χ1v) is 5.03. The van der Waals surface area contributed by atoms with E-state index in [4.69, 9.17) is 17.0 Å². The van der Waals surface area contributed by atoms with Crippen LogP contribution in [-0.4, -0.2) is 12.3 Å². The van der Waals surface area contributed by atoms with E-state index in [1.54, 1.807) is 0 Å². The second kappa shape index (κ2) is 5.22. The summed E-state index contributed by atoms with van der Waals surface area (Å²) in [6, 6.07) is 3.94. The van der Waals surface area contributed by atoms with E-state index in [-0.39, 0.29) is 6.61 Å². The Bertz CT molecular complexity index is 456. The van der Waals surface area contributed by atoms with E-state index in [0.29, 0.717) is 0 Å². The fourth-order valence-corrected chi connectivity index (χ4v) is 1.44. The number of nitrogens with zero attached hydrogens (tertiary/aromatic N) is 1. The van der Waals surface area contributed by atoms with Crippen molar-refractivity contribution in [2.75, 3.05) is 12.3 Å². The summed E-state index contributed by atoms with van der Waals surface area (Å²) in [4.78, 5) is 4.94. The summed E-state index contributed by atoms with van der Waals surface area (Å²) in [5.74, 6) is 2.36. The summed E-state index contributed by atoms with van der Waals surface area (Å²) >= 11 is 0. The molecule has 1 rings (SSSR count). The normalized spacial score (nSPS) is 11.0. The van der Waals surface area contributed by atoms with Crippen LogP contribution in [-0.2, 0) is 4.84 Å². The van der Waals surface area contributed by atoms with Crippen molar-refractivity contribution in [2.45, 2.75) is 20.8 Å². The molecular formula is C13H16N2O. The van der Waals surface area contributed by atoms with Gasteiger partial charge in [-0.2, -0.15) is 0 Å². The molecule has 0 aliphatic heterocycles. The number of aryl methyl sites for hydroxylation is 2. The summed E-state index contributed by atoms with van der Waals surface area (Å²) in [6.07, 6.45) is 5.07. The van der Waals surface area contributed by atoms with Gasteiger partial charge in [-0.15, -0.1) is 6.42 Å². The largest absolute Gasteiger partial charge is 0.399 e. The first kappa shape index (κ1) is 12.1. The molecule has 0 bridgehead atoms. The minimum atomic E-state index is 0.185. The first-order valence-electron chi connectivity index (χ1n) is 5.03. The van der Waals surface area contributed by atoms with Gasteiger partial charge >= 0.3 is 0 Å². The van der Waals surface area contributed by atoms with E-state index in [2.05, 4.69) is 11.1 Å². The molecule has 0 atom stereocenters. The molecule has 0 heterocycles. The molecule has 16 heavy (non-hydrogen) atoms. The highest BCUT2D eigenvalue weighted by atomic mass is 16.6. The summed E-state index contributed by atoms with van der Waals surface area (Å²) in [7, 11) is 0. The predicted molar refractivity (Wildman–Crippen MR) is 67.3 cm³/mol. The first-order chi connectivity index (χ1) is 7.56. The second-order valence-corrected chi connectivity index (χ2v) is 3.68. The Morgan fingerprint density at radius 3 is 2.75 bits per heavy atom. The Labute approximate surface area is 96.3 Å². The van der Waals surface area contributed by atoms with Gasteiger partial charge in [0.25, 0.3) is 0 Å². The Hall–Kier alpha value is -1.95. The maximum Gasteiger partial charge on any atom is 0.177 e. The smallest absolute Gasteiger partial charge is 0.177 e. The van der Waals surface area contributed by atoms with Crippen molar-refractivity contribution >= 4 is 11.4 Å². The number of nitrogens with two attached hydrogens (primary N) is 1. The van der Waals surface area contributed by atoms with Crippen LogP contribution < -0.4 is 5.73 Å². The molecule has 1 aromatic rings. The molecule has 0 fully saturated rings. The van der Waals surface area contributed by atoms with Gasteiger partial charge in [0.05, 0.1) is 5.71 Å². The molecule has 0 aromatic heterocycles. The van der Waals surface area contributed by atoms with Crippen molar-refractivity contribution in [2.24, 2.45) is 5.16 Å². The quantitative estimate of drug-likeness (QED) is 0.277. The molecule has 0 radical (unpaired) electrons. The van der Waals surface area contributed by atoms with Crippen LogP contribution in [0.4, 0.5) is 5.69 Å². The zero-order chi connectivity index (χ0) is 12.1. The molecule has 3 heteroatoms. The van der Waals surface area contributed by atoms with E-state index in [0.717, 1.165) is 28.1 Å². The minimum absolute atomic E-state index is 0.185. The lowest BCUT2D eigenvalue weighted by atomic mass is 10.0. The third kappa shape index (κ3) is 2.77. The SMILES string of the molecule is C#CCO/N=C(\C)c1cc(C)c(N)cc1C. The third-order valence-corrected chi connectivity index (χ3v) is 2.35. The number of nitrogen functional groups attached to an aromatic ring is 1. The molecule has 84 valence electrons. The Kier molecular flexibility index (Phi) is 3.96. The molecule has 0 amide bonds. The summed E-state index contributed by atoms with van der Waals surface area (Å²) in [5, 5.41) is 3.95. The molecule has 0 saturated heterocycles. The van der Waals surface area contributed by atoms with Gasteiger partial charge in [0, 0.05) is 11.3 Å². The molecule has 0 aliphatic carbocycles. The molecule has 1 aromatic carbocycles. The number of anilines is 1. The monoisotopic (exact) mass is 216 g/mol. The van der Waals surface area contributed by atoms with Crippen molar-refractivity contribution in [3.8, 4) is 12.3 Å². The van der Waals surface area contributed by atoms with Crippen LogP contribution in [0.25, 0.3) is 0 Å². The van der Waals surface area contributed by atoms with Crippen molar-refractivity contribution < 1.29 is 4.84 Å². The van der Waals surface area contributed by atoms with Crippen molar-refractivity contribution in [3.63, 3.8) is 0 Å². The van der Waals surface area contributed by atoms with Gasteiger partial charge in [0.1, 0.15) is 0 Å². The fourth-order valence-electron chi connectivity index (χ4n) is 1.44. The van der Waals surface area contributed by atoms with Crippen LogP contribution in [0.15, 0.2) is 17.3 Å². The van der Waals surface area contributed by atoms with E-state index in [9.17, 15) is 0 Å². The van der Waals surface area contributed by atoms with E-state index >= 15 is 0 Å². The lowest BCUT2D eigenvalue weighted by Gasteiger charge is -2.08. The highest BCUT2D eigenvalue weighted by molar-refractivity contribution is 6.00. The summed E-state index contributed by atoms with van der Waals surface area (Å²) in [6.45, 7) is 6.03. The zero-order valence-corrected chi connectivity index (χ0v) is 9.87. The fraction of sp³-hybridized carbons (Fsp3) is 0.308. The molecule has 0 aliphatic rings. The Balaban J connectivity index is 3.00. The van der Waals surface area contributed by atoms with Crippen LogP contribution >= 0.6 is 0 Å². The van der Waals surface area contributed by atoms with Crippen LogP contribution in [0, 0.1) is 26.2 Å². The standard InChI is InChI=1S/C13H16N2O/c1-5-6-16-15-11(4)12-7-10(3)13(14)8-9(12)2/h1,7-8H,6,14H2,2-4H3/b15-11+. The number of rotatable bonds is 3. The topological polar surface area (TPSA) is 47.6 Å². The number of oxime groups is 1. The number of terminal acetylenes is 1. The molecule has 0 spiro atoms. The number of benzene rings is 1. The lowest BCUT2D eigenvalue weighted by molar-refractivity contribution is 0.180. The van der Waals surface area contributed by atoms with E-state index in [1.165, 1.54) is 0 Å². The number of hydrogen-bond acceptors (Lipinski definition) is 3. The zero-order valence-electron chi connectivity index (χ0n) is 9.87. The third-order valence-electron chi connectivity index (χ3n) is 2.35. The van der Waals surface area contributed by atoms with Gasteiger partial charge in [-0.1, -0.05) is 11.1 Å². The van der Waals surface area contributed by atoms with Crippen LogP contribution in [0.2, 0.25) is 0 Å². The van der Waals surface area contributed by atoms with Gasteiger partial charge in [0.15, 0.2) is 6.61 Å². The van der Waals surface area contributed by atoms with Gasteiger partial charge in [-0.25, -0.2) is 0 Å². The highest BCUT2D eigenvalue weighted by Crippen LogP contribution is 2.18. The van der Waals surface area contributed by atoms with Crippen LogP contribution in [0.1, 0.15) is 23.6 Å². The highest BCUT2D eigenvalue weighted by Gasteiger charge is 2.05. The van der Waals surface area contributed by atoms with E-state index in [1.807, 2.05) is 32.9 Å². The van der Waals surface area contributed by atoms with Crippen molar-refractivity contribution in [3.05, 3.63) is 28.8 Å². The molecule has 0 saturated carbocycles. The van der Waals surface area contributed by atoms with Gasteiger partial charge in [-0.3, -0.25) is 0 Å². The molecular weight excluding hydrogens is 200 g/mol. The van der Waals surface area contributed by atoms with Crippen molar-refractivity contribution in [1.82, 2.24) is 0 Å². The van der Waals surface area contributed by atoms with Gasteiger partial charge < -0.3 is 10.6 Å². The molecule has 3 nitrogen and oxygen atoms in total. The second-order valence-electron chi connectivity index (χ2n) is 3.68. The lowest BCUT2D eigenvalue weighted by Crippen LogP contribution is -2.02. The van der Waals surface area contributed by atoms with Crippen molar-refractivity contribution in [1.29, 1.82) is 0 Å². The Morgan fingerprint density at radius 1 is 1.44 bits per heavy atom. The van der Waals surface area contributed by atoms with E-state index < -0.39 is 0 Å². The minimum Gasteiger partial charge on any atom is -0.399 e. The van der Waals surface area contributed by atoms with Gasteiger partial charge in [-0.05, 0) is 44.0 Å². The number of hydrogen-bond donors (Lipinski definition) is 1. The van der Waals surface area contributed by atoms with Crippen LogP contribution in [0.3, 0.4) is 0 Å². The predicted octanol–water partition coefficient (Wildman–Crippen LogP) is 2.26. The molecule has 0 unspecified atom stereocenters. The summed E-state index contributed by atoms with van der Waals surface area (Å²) in [5.41, 5.74) is 10.5. The molecule has 2 N–H and O–H groups in total.